The van der Waals surface area contributed by atoms with Gasteiger partial charge in [-0.1, -0.05) is 13.0 Å². The standard InChI is InChI=1S/C12H15N3OS2/c1-2-9(10-4-3-5-17-10)15-11(16)6-8-7-18-12(13)14-8/h3-5,7,9H,2,6H2,1H3,(H2,13,14)(H,15,16). The Kier molecular flexibility index (Phi) is 4.33. The molecular weight excluding hydrogens is 266 g/mol. The van der Waals surface area contributed by atoms with Crippen molar-refractivity contribution in [3.63, 3.8) is 0 Å². The molecule has 0 saturated carbocycles. The Morgan fingerprint density at radius 1 is 1.56 bits per heavy atom. The highest BCUT2D eigenvalue weighted by molar-refractivity contribution is 7.13. The van der Waals surface area contributed by atoms with Crippen molar-refractivity contribution >= 4 is 33.7 Å². The lowest BCUT2D eigenvalue weighted by atomic mass is 10.2. The molecule has 0 saturated heterocycles. The van der Waals surface area contributed by atoms with E-state index in [-0.39, 0.29) is 18.4 Å². The fraction of sp³-hybridized carbons (Fsp3) is 0.333. The minimum absolute atomic E-state index is 0.0134. The van der Waals surface area contributed by atoms with E-state index < -0.39 is 0 Å². The summed E-state index contributed by atoms with van der Waals surface area (Å²) in [7, 11) is 0. The molecule has 2 rings (SSSR count). The third kappa shape index (κ3) is 3.30. The topological polar surface area (TPSA) is 68.0 Å². The second-order valence-corrected chi connectivity index (χ2v) is 5.77. The normalized spacial score (nSPS) is 12.3. The van der Waals surface area contributed by atoms with E-state index >= 15 is 0 Å². The molecule has 0 radical (unpaired) electrons. The molecular formula is C12H15N3OS2. The van der Waals surface area contributed by atoms with Gasteiger partial charge in [-0.25, -0.2) is 4.98 Å². The molecule has 1 unspecified atom stereocenters. The molecule has 0 bridgehead atoms. The fourth-order valence-electron chi connectivity index (χ4n) is 1.68. The smallest absolute Gasteiger partial charge is 0.226 e. The third-order valence-corrected chi connectivity index (χ3v) is 4.25. The van der Waals surface area contributed by atoms with E-state index in [2.05, 4.69) is 17.2 Å². The van der Waals surface area contributed by atoms with Gasteiger partial charge in [-0.15, -0.1) is 22.7 Å². The van der Waals surface area contributed by atoms with Crippen LogP contribution in [0.2, 0.25) is 0 Å². The summed E-state index contributed by atoms with van der Waals surface area (Å²) in [5, 5.41) is 7.36. The number of nitrogens with zero attached hydrogens (tertiary/aromatic N) is 1. The van der Waals surface area contributed by atoms with E-state index in [0.717, 1.165) is 12.1 Å². The average Bonchev–Trinajstić information content (AvgIpc) is 2.98. The van der Waals surface area contributed by atoms with Crippen molar-refractivity contribution in [2.45, 2.75) is 25.8 Å². The summed E-state index contributed by atoms with van der Waals surface area (Å²) in [5.74, 6) is -0.0134. The first kappa shape index (κ1) is 13.0. The highest BCUT2D eigenvalue weighted by Gasteiger charge is 2.14. The van der Waals surface area contributed by atoms with Crippen molar-refractivity contribution in [2.75, 3.05) is 5.73 Å². The number of carbonyl (C=O) groups excluding carboxylic acids is 1. The summed E-state index contributed by atoms with van der Waals surface area (Å²) in [6, 6.07) is 4.13. The van der Waals surface area contributed by atoms with Crippen LogP contribution in [0.3, 0.4) is 0 Å². The van der Waals surface area contributed by atoms with Crippen molar-refractivity contribution in [2.24, 2.45) is 0 Å². The lowest BCUT2D eigenvalue weighted by Gasteiger charge is -2.14. The maximum absolute atomic E-state index is 11.9. The zero-order valence-electron chi connectivity index (χ0n) is 10.1. The minimum atomic E-state index is -0.0134. The molecule has 1 atom stereocenters. The largest absolute Gasteiger partial charge is 0.375 e. The number of thiazole rings is 1. The summed E-state index contributed by atoms with van der Waals surface area (Å²) in [5.41, 5.74) is 6.27. The summed E-state index contributed by atoms with van der Waals surface area (Å²) in [4.78, 5) is 17.2. The molecule has 0 fully saturated rings. The van der Waals surface area contributed by atoms with Crippen LogP contribution in [0.25, 0.3) is 0 Å². The number of rotatable bonds is 5. The van der Waals surface area contributed by atoms with Gasteiger partial charge in [0.05, 0.1) is 18.2 Å². The van der Waals surface area contributed by atoms with Crippen LogP contribution < -0.4 is 11.1 Å². The van der Waals surface area contributed by atoms with Crippen LogP contribution in [-0.2, 0) is 11.2 Å². The lowest BCUT2D eigenvalue weighted by molar-refractivity contribution is -0.121. The van der Waals surface area contributed by atoms with Crippen LogP contribution in [0.5, 0.6) is 0 Å². The van der Waals surface area contributed by atoms with E-state index in [1.54, 1.807) is 11.3 Å². The van der Waals surface area contributed by atoms with Gasteiger partial charge in [0.2, 0.25) is 5.91 Å². The minimum Gasteiger partial charge on any atom is -0.375 e. The van der Waals surface area contributed by atoms with Gasteiger partial charge in [0.1, 0.15) is 0 Å². The summed E-state index contributed by atoms with van der Waals surface area (Å²) in [6.07, 6.45) is 1.17. The van der Waals surface area contributed by atoms with Gasteiger partial charge in [0.25, 0.3) is 0 Å². The monoisotopic (exact) mass is 281 g/mol. The van der Waals surface area contributed by atoms with Gasteiger partial charge < -0.3 is 11.1 Å². The number of anilines is 1. The van der Waals surface area contributed by atoms with Crippen LogP contribution in [0, 0.1) is 0 Å². The first-order valence-electron chi connectivity index (χ1n) is 5.71. The number of nitrogens with one attached hydrogen (secondary N) is 1. The van der Waals surface area contributed by atoms with Crippen molar-refractivity contribution < 1.29 is 4.79 Å². The molecule has 0 aliphatic rings. The molecule has 0 aromatic carbocycles. The quantitative estimate of drug-likeness (QED) is 0.885. The molecule has 6 heteroatoms. The van der Waals surface area contributed by atoms with Crippen LogP contribution in [0.4, 0.5) is 5.13 Å². The number of carbonyl (C=O) groups is 1. The Labute approximate surface area is 114 Å². The van der Waals surface area contributed by atoms with Crippen molar-refractivity contribution in [3.8, 4) is 0 Å². The Morgan fingerprint density at radius 3 is 2.94 bits per heavy atom. The van der Waals surface area contributed by atoms with E-state index in [0.29, 0.717) is 5.13 Å². The summed E-state index contributed by atoms with van der Waals surface area (Å²) in [6.45, 7) is 2.06. The predicted molar refractivity (Wildman–Crippen MR) is 75.7 cm³/mol. The van der Waals surface area contributed by atoms with Crippen molar-refractivity contribution in [1.29, 1.82) is 0 Å². The van der Waals surface area contributed by atoms with Gasteiger partial charge in [-0.2, -0.15) is 0 Å². The highest BCUT2D eigenvalue weighted by atomic mass is 32.1. The SMILES string of the molecule is CCC(NC(=O)Cc1csc(N)n1)c1cccs1. The van der Waals surface area contributed by atoms with Gasteiger partial charge in [-0.3, -0.25) is 4.79 Å². The molecule has 0 spiro atoms. The molecule has 3 N–H and O–H groups in total. The fourth-order valence-corrected chi connectivity index (χ4v) is 3.10. The number of hydrogen-bond acceptors (Lipinski definition) is 5. The molecule has 0 aliphatic carbocycles. The van der Waals surface area contributed by atoms with E-state index in [4.69, 9.17) is 5.73 Å². The molecule has 4 nitrogen and oxygen atoms in total. The van der Waals surface area contributed by atoms with E-state index in [1.807, 2.05) is 22.9 Å². The second kappa shape index (κ2) is 5.97. The Morgan fingerprint density at radius 2 is 2.39 bits per heavy atom. The van der Waals surface area contributed by atoms with Crippen LogP contribution in [0.15, 0.2) is 22.9 Å². The third-order valence-electron chi connectivity index (χ3n) is 2.54. The number of hydrogen-bond donors (Lipinski definition) is 2. The van der Waals surface area contributed by atoms with Gasteiger partial charge >= 0.3 is 0 Å². The van der Waals surface area contributed by atoms with Gasteiger partial charge in [0, 0.05) is 10.3 Å². The molecule has 96 valence electrons. The number of nitrogens with two attached hydrogens (primary N) is 1. The van der Waals surface area contributed by atoms with Gasteiger partial charge in [0.15, 0.2) is 5.13 Å². The van der Waals surface area contributed by atoms with Gasteiger partial charge in [-0.05, 0) is 17.9 Å². The van der Waals surface area contributed by atoms with Crippen molar-refractivity contribution in [1.82, 2.24) is 10.3 Å². The summed E-state index contributed by atoms with van der Waals surface area (Å²) < 4.78 is 0. The molecule has 2 aromatic rings. The molecule has 0 aliphatic heterocycles. The van der Waals surface area contributed by atoms with Crippen LogP contribution in [-0.4, -0.2) is 10.9 Å². The first-order chi connectivity index (χ1) is 8.69. The molecule has 18 heavy (non-hydrogen) atoms. The number of nitrogen functional groups attached to an aromatic ring is 1. The zero-order chi connectivity index (χ0) is 13.0. The number of thiophene rings is 1. The molecule has 2 aromatic heterocycles. The summed E-state index contributed by atoms with van der Waals surface area (Å²) >= 11 is 3.02. The van der Waals surface area contributed by atoms with Crippen LogP contribution >= 0.6 is 22.7 Å². The molecule has 2 heterocycles. The number of amides is 1. The van der Waals surface area contributed by atoms with Crippen molar-refractivity contribution in [3.05, 3.63) is 33.5 Å². The highest BCUT2D eigenvalue weighted by Crippen LogP contribution is 2.21. The predicted octanol–water partition coefficient (Wildman–Crippen LogP) is 2.60. The van der Waals surface area contributed by atoms with E-state index in [1.165, 1.54) is 16.2 Å². The Balaban J connectivity index is 1.94. The maximum Gasteiger partial charge on any atom is 0.226 e. The Bertz CT molecular complexity index is 507. The zero-order valence-corrected chi connectivity index (χ0v) is 11.7. The average molecular weight is 281 g/mol. The maximum atomic E-state index is 11.9. The first-order valence-corrected chi connectivity index (χ1v) is 7.47. The Hall–Kier alpha value is -1.40. The van der Waals surface area contributed by atoms with E-state index in [9.17, 15) is 4.79 Å². The number of aromatic nitrogens is 1. The second-order valence-electron chi connectivity index (χ2n) is 3.90. The molecule has 1 amide bonds. The van der Waals surface area contributed by atoms with Crippen LogP contribution in [0.1, 0.15) is 30.0 Å². The lowest BCUT2D eigenvalue weighted by Crippen LogP contribution is -2.29.